The lowest BCUT2D eigenvalue weighted by Gasteiger charge is -2.34. The summed E-state index contributed by atoms with van der Waals surface area (Å²) < 4.78 is 24.8. The van der Waals surface area contributed by atoms with E-state index in [0.29, 0.717) is 12.2 Å². The van der Waals surface area contributed by atoms with Crippen molar-refractivity contribution in [2.45, 2.75) is 0 Å². The van der Waals surface area contributed by atoms with Crippen molar-refractivity contribution >= 4 is 33.6 Å². The minimum absolute atomic E-state index is 0.162. The zero-order valence-electron chi connectivity index (χ0n) is 16.9. The number of piperazine rings is 1. The Bertz CT molecular complexity index is 956. The minimum Gasteiger partial charge on any atom is -0.351 e. The van der Waals surface area contributed by atoms with Crippen LogP contribution in [0.25, 0.3) is 6.08 Å². The molecule has 0 saturated carbocycles. The van der Waals surface area contributed by atoms with E-state index < -0.39 is 10.0 Å². The number of rotatable bonds is 8. The molecule has 0 bridgehead atoms. The number of sulfonamides is 1. The summed E-state index contributed by atoms with van der Waals surface area (Å²) in [6, 6.07) is 8.60. The average Bonchev–Trinajstić information content (AvgIpc) is 2.73. The summed E-state index contributed by atoms with van der Waals surface area (Å²) in [5.41, 5.74) is 1.29. The van der Waals surface area contributed by atoms with Gasteiger partial charge in [0, 0.05) is 63.4 Å². The Labute approximate surface area is 176 Å². The number of nitrogens with zero attached hydrogens (tertiary/aromatic N) is 4. The third kappa shape index (κ3) is 7.12. The van der Waals surface area contributed by atoms with E-state index in [9.17, 15) is 13.2 Å². The standard InChI is InChI=1S/C20H26N6O3S/c1-30(28,29)24-18-6-3-17(4-7-18)5-8-19(27)21-11-12-25-13-15-26(16-14-25)20-22-9-2-10-23-20/h2-10,24H,11-16H2,1H3,(H,21,27)/b8-5+. The largest absolute Gasteiger partial charge is 0.351 e. The second kappa shape index (κ2) is 10.2. The molecule has 2 N–H and O–H groups in total. The van der Waals surface area contributed by atoms with Crippen molar-refractivity contribution < 1.29 is 13.2 Å². The van der Waals surface area contributed by atoms with Crippen molar-refractivity contribution in [2.75, 3.05) is 55.1 Å². The number of aromatic nitrogens is 2. The topological polar surface area (TPSA) is 108 Å². The van der Waals surface area contributed by atoms with Gasteiger partial charge in [0.1, 0.15) is 0 Å². The number of amides is 1. The van der Waals surface area contributed by atoms with Gasteiger partial charge in [-0.3, -0.25) is 14.4 Å². The van der Waals surface area contributed by atoms with Gasteiger partial charge in [0.2, 0.25) is 21.9 Å². The van der Waals surface area contributed by atoms with Crippen molar-refractivity contribution in [3.8, 4) is 0 Å². The van der Waals surface area contributed by atoms with E-state index in [1.54, 1.807) is 42.7 Å². The number of anilines is 2. The van der Waals surface area contributed by atoms with Gasteiger partial charge in [0.05, 0.1) is 6.26 Å². The summed E-state index contributed by atoms with van der Waals surface area (Å²) in [5, 5.41) is 2.89. The van der Waals surface area contributed by atoms with Crippen molar-refractivity contribution in [3.63, 3.8) is 0 Å². The number of carbonyl (C=O) groups excluding carboxylic acids is 1. The first-order valence-electron chi connectivity index (χ1n) is 9.67. The van der Waals surface area contributed by atoms with Crippen molar-refractivity contribution in [2.24, 2.45) is 0 Å². The highest BCUT2D eigenvalue weighted by Crippen LogP contribution is 2.12. The van der Waals surface area contributed by atoms with Gasteiger partial charge in [-0.05, 0) is 29.8 Å². The lowest BCUT2D eigenvalue weighted by molar-refractivity contribution is -0.116. The molecule has 0 atom stereocenters. The van der Waals surface area contributed by atoms with Gasteiger partial charge in [-0.2, -0.15) is 0 Å². The van der Waals surface area contributed by atoms with Crippen molar-refractivity contribution in [1.82, 2.24) is 20.2 Å². The Morgan fingerprint density at radius 1 is 1.10 bits per heavy atom. The SMILES string of the molecule is CS(=O)(=O)Nc1ccc(/C=C/C(=O)NCCN2CCN(c3ncccn3)CC2)cc1. The number of carbonyl (C=O) groups is 1. The van der Waals surface area contributed by atoms with Crippen molar-refractivity contribution in [1.29, 1.82) is 0 Å². The molecule has 0 spiro atoms. The summed E-state index contributed by atoms with van der Waals surface area (Å²) in [5.74, 6) is 0.598. The van der Waals surface area contributed by atoms with Gasteiger partial charge in [-0.15, -0.1) is 0 Å². The second-order valence-corrected chi connectivity index (χ2v) is 8.75. The van der Waals surface area contributed by atoms with E-state index >= 15 is 0 Å². The van der Waals surface area contributed by atoms with Crippen LogP contribution in [0.4, 0.5) is 11.6 Å². The zero-order chi connectivity index (χ0) is 21.4. The fraction of sp³-hybridized carbons (Fsp3) is 0.350. The normalized spacial score (nSPS) is 15.3. The fourth-order valence-corrected chi connectivity index (χ4v) is 3.63. The zero-order valence-corrected chi connectivity index (χ0v) is 17.7. The van der Waals surface area contributed by atoms with Crippen LogP contribution in [0.3, 0.4) is 0 Å². The van der Waals surface area contributed by atoms with Crippen LogP contribution in [0, 0.1) is 0 Å². The van der Waals surface area contributed by atoms with Crippen LogP contribution in [0.2, 0.25) is 0 Å². The van der Waals surface area contributed by atoms with Crippen LogP contribution in [0.1, 0.15) is 5.56 Å². The van der Waals surface area contributed by atoms with E-state index in [1.807, 2.05) is 6.07 Å². The number of nitrogens with one attached hydrogen (secondary N) is 2. The molecule has 1 amide bonds. The lowest BCUT2D eigenvalue weighted by Crippen LogP contribution is -2.48. The molecule has 0 radical (unpaired) electrons. The molecule has 9 nitrogen and oxygen atoms in total. The first kappa shape index (κ1) is 21.7. The van der Waals surface area contributed by atoms with E-state index in [1.165, 1.54) is 6.08 Å². The molecule has 0 aliphatic carbocycles. The maximum atomic E-state index is 12.0. The molecule has 2 aromatic rings. The van der Waals surface area contributed by atoms with Crippen LogP contribution in [-0.4, -0.2) is 74.7 Å². The van der Waals surface area contributed by atoms with Gasteiger partial charge in [-0.1, -0.05) is 12.1 Å². The summed E-state index contributed by atoms with van der Waals surface area (Å²) in [6.45, 7) is 4.89. The molecule has 0 unspecified atom stereocenters. The summed E-state index contributed by atoms with van der Waals surface area (Å²) >= 11 is 0. The highest BCUT2D eigenvalue weighted by atomic mass is 32.2. The van der Waals surface area contributed by atoms with E-state index in [4.69, 9.17) is 0 Å². The number of hydrogen-bond donors (Lipinski definition) is 2. The summed E-state index contributed by atoms with van der Waals surface area (Å²) in [4.78, 5) is 25.0. The van der Waals surface area contributed by atoms with Crippen LogP contribution >= 0.6 is 0 Å². The summed E-state index contributed by atoms with van der Waals surface area (Å²) in [6.07, 6.45) is 7.77. The molecule has 2 heterocycles. The highest BCUT2D eigenvalue weighted by Gasteiger charge is 2.18. The van der Waals surface area contributed by atoms with Gasteiger partial charge >= 0.3 is 0 Å². The maximum absolute atomic E-state index is 12.0. The molecular weight excluding hydrogens is 404 g/mol. The quantitative estimate of drug-likeness (QED) is 0.597. The smallest absolute Gasteiger partial charge is 0.244 e. The molecule has 1 fully saturated rings. The van der Waals surface area contributed by atoms with Crippen LogP contribution in [-0.2, 0) is 14.8 Å². The third-order valence-corrected chi connectivity index (χ3v) is 5.18. The predicted octanol–water partition coefficient (Wildman–Crippen LogP) is 0.800. The van der Waals surface area contributed by atoms with E-state index in [0.717, 1.165) is 50.5 Å². The van der Waals surface area contributed by atoms with Gasteiger partial charge in [0.15, 0.2) is 0 Å². The molecule has 160 valence electrons. The average molecular weight is 431 g/mol. The monoisotopic (exact) mass is 430 g/mol. The molecule has 1 aliphatic rings. The first-order valence-corrected chi connectivity index (χ1v) is 11.6. The molecule has 3 rings (SSSR count). The fourth-order valence-electron chi connectivity index (χ4n) is 3.07. The lowest BCUT2D eigenvalue weighted by atomic mass is 10.2. The molecule has 1 aromatic carbocycles. The predicted molar refractivity (Wildman–Crippen MR) is 118 cm³/mol. The van der Waals surface area contributed by atoms with Crippen LogP contribution < -0.4 is 14.9 Å². The Morgan fingerprint density at radius 2 is 1.77 bits per heavy atom. The Kier molecular flexibility index (Phi) is 7.36. The van der Waals surface area contributed by atoms with E-state index in [2.05, 4.69) is 29.8 Å². The first-order chi connectivity index (χ1) is 14.4. The molecule has 10 heteroatoms. The van der Waals surface area contributed by atoms with Crippen molar-refractivity contribution in [3.05, 3.63) is 54.4 Å². The van der Waals surface area contributed by atoms with E-state index in [-0.39, 0.29) is 5.91 Å². The molecule has 1 aliphatic heterocycles. The van der Waals surface area contributed by atoms with Gasteiger partial charge in [-0.25, -0.2) is 18.4 Å². The Morgan fingerprint density at radius 3 is 2.40 bits per heavy atom. The second-order valence-electron chi connectivity index (χ2n) is 7.00. The van der Waals surface area contributed by atoms with Crippen LogP contribution in [0.5, 0.6) is 0 Å². The van der Waals surface area contributed by atoms with Gasteiger partial charge < -0.3 is 10.2 Å². The molecule has 1 saturated heterocycles. The Hall–Kier alpha value is -2.98. The molecule has 1 aromatic heterocycles. The van der Waals surface area contributed by atoms with Crippen LogP contribution in [0.15, 0.2) is 48.8 Å². The molecule has 30 heavy (non-hydrogen) atoms. The summed E-state index contributed by atoms with van der Waals surface area (Å²) in [7, 11) is -3.30. The minimum atomic E-state index is -3.30. The Balaban J connectivity index is 1.36. The maximum Gasteiger partial charge on any atom is 0.244 e. The number of hydrogen-bond acceptors (Lipinski definition) is 7. The van der Waals surface area contributed by atoms with Gasteiger partial charge in [0.25, 0.3) is 0 Å². The molecular formula is C20H26N6O3S. The highest BCUT2D eigenvalue weighted by molar-refractivity contribution is 7.92. The third-order valence-electron chi connectivity index (χ3n) is 4.58. The number of benzene rings is 1.